The number of rotatable bonds is 5. The summed E-state index contributed by atoms with van der Waals surface area (Å²) in [5.74, 6) is 2.46. The number of hydrogen-bond acceptors (Lipinski definition) is 8. The van der Waals surface area contributed by atoms with Gasteiger partial charge in [0.15, 0.2) is 6.29 Å². The largest absolute Gasteiger partial charge is 0.390 e. The predicted molar refractivity (Wildman–Crippen MR) is 173 cm³/mol. The van der Waals surface area contributed by atoms with Crippen molar-refractivity contribution in [2.24, 2.45) is 57.5 Å². The molecule has 3 aliphatic heterocycles. The normalized spacial score (nSPS) is 51.2. The first kappa shape index (κ1) is 33.2. The first-order chi connectivity index (χ1) is 21.2. The quantitative estimate of drug-likeness (QED) is 0.405. The second-order valence-corrected chi connectivity index (χ2v) is 18.2. The van der Waals surface area contributed by atoms with Crippen LogP contribution in [0.2, 0.25) is 0 Å². The van der Waals surface area contributed by atoms with E-state index >= 15 is 0 Å². The fourth-order valence-electron chi connectivity index (χ4n) is 12.5. The van der Waals surface area contributed by atoms with Crippen molar-refractivity contribution < 1.29 is 29.2 Å². The second-order valence-electron chi connectivity index (χ2n) is 18.2. The molecule has 0 bridgehead atoms. The number of nitrogens with two attached hydrogens (primary N) is 1. The lowest BCUT2D eigenvalue weighted by Gasteiger charge is -2.57. The van der Waals surface area contributed by atoms with E-state index in [1.54, 1.807) is 13.8 Å². The third-order valence-electron chi connectivity index (χ3n) is 15.1. The SMILES string of the molecule is CC1CCC23CC24CCC(OC2CN(C5COC5)CCO2)C(C)(C)C4CCC3C(C)C(O)C2OC(C(N)C(C)(C)O)CC(C)C12. The lowest BCUT2D eigenvalue weighted by molar-refractivity contribution is -0.253. The highest BCUT2D eigenvalue weighted by Crippen LogP contribution is 2.84. The van der Waals surface area contributed by atoms with E-state index < -0.39 is 17.7 Å². The average molecular weight is 633 g/mol. The smallest absolute Gasteiger partial charge is 0.170 e. The summed E-state index contributed by atoms with van der Waals surface area (Å²) in [4.78, 5) is 2.50. The topological polar surface area (TPSA) is 107 Å². The standard InChI is InChI=1S/C37H64N2O6/c1-21-10-12-36-20-37(36)13-11-28(45-29-17-39(14-15-43-29)24-18-42-19-24)34(4,5)27(37)9-8-25(36)23(3)31(40)32-30(21)22(2)16-26(44-32)33(38)35(6,7)41/h21-33,40-41H,8-20,38H2,1-7H3. The van der Waals surface area contributed by atoms with Crippen LogP contribution in [-0.2, 0) is 18.9 Å². The number of morpholine rings is 1. The van der Waals surface area contributed by atoms with Crippen LogP contribution in [0.5, 0.6) is 0 Å². The minimum absolute atomic E-state index is 0.0793. The van der Waals surface area contributed by atoms with E-state index in [2.05, 4.69) is 39.5 Å². The third kappa shape index (κ3) is 5.30. The lowest BCUT2D eigenvalue weighted by Crippen LogP contribution is -2.60. The van der Waals surface area contributed by atoms with Crippen LogP contribution in [0.3, 0.4) is 0 Å². The van der Waals surface area contributed by atoms with Gasteiger partial charge in [-0.2, -0.15) is 0 Å². The highest BCUT2D eigenvalue weighted by atomic mass is 16.7. The molecular weight excluding hydrogens is 568 g/mol. The molecule has 3 saturated heterocycles. The van der Waals surface area contributed by atoms with Crippen LogP contribution >= 0.6 is 0 Å². The molecule has 7 fully saturated rings. The molecule has 0 amide bonds. The number of aliphatic hydroxyl groups excluding tert-OH is 1. The summed E-state index contributed by atoms with van der Waals surface area (Å²) in [6, 6.07) is 0.0440. The van der Waals surface area contributed by atoms with E-state index in [9.17, 15) is 10.2 Å². The molecule has 14 atom stereocenters. The van der Waals surface area contributed by atoms with E-state index in [0.29, 0.717) is 46.5 Å². The van der Waals surface area contributed by atoms with Crippen molar-refractivity contribution in [3.8, 4) is 0 Å². The molecule has 3 heterocycles. The number of aliphatic hydroxyl groups is 2. The van der Waals surface area contributed by atoms with Crippen molar-refractivity contribution in [2.45, 2.75) is 148 Å². The zero-order chi connectivity index (χ0) is 32.1. The van der Waals surface area contributed by atoms with Gasteiger partial charge in [-0.25, -0.2) is 0 Å². The predicted octanol–water partition coefficient (Wildman–Crippen LogP) is 4.59. The van der Waals surface area contributed by atoms with Gasteiger partial charge in [0.05, 0.1) is 68.5 Å². The molecule has 4 aliphatic carbocycles. The summed E-state index contributed by atoms with van der Waals surface area (Å²) < 4.78 is 25.4. The van der Waals surface area contributed by atoms with Gasteiger partial charge in [-0.3, -0.25) is 4.90 Å². The van der Waals surface area contributed by atoms with Crippen LogP contribution in [0, 0.1) is 51.8 Å². The Balaban J connectivity index is 1.10. The Kier molecular flexibility index (Phi) is 8.58. The number of nitrogens with zero attached hydrogens (tertiary/aromatic N) is 1. The summed E-state index contributed by atoms with van der Waals surface area (Å²) in [5.41, 5.74) is 6.28. The van der Waals surface area contributed by atoms with Gasteiger partial charge in [-0.15, -0.1) is 0 Å². The molecule has 4 saturated carbocycles. The van der Waals surface area contributed by atoms with E-state index in [4.69, 9.17) is 24.7 Å². The van der Waals surface area contributed by atoms with Crippen LogP contribution in [0.25, 0.3) is 0 Å². The van der Waals surface area contributed by atoms with Gasteiger partial charge < -0.3 is 34.9 Å². The zero-order valence-corrected chi connectivity index (χ0v) is 29.2. The monoisotopic (exact) mass is 632 g/mol. The first-order valence-electron chi connectivity index (χ1n) is 18.6. The molecular formula is C37H64N2O6. The molecule has 8 heteroatoms. The third-order valence-corrected chi connectivity index (χ3v) is 15.1. The maximum absolute atomic E-state index is 12.2. The molecule has 258 valence electrons. The Hall–Kier alpha value is -0.320. The van der Waals surface area contributed by atoms with Gasteiger partial charge in [0.1, 0.15) is 0 Å². The van der Waals surface area contributed by atoms with Crippen molar-refractivity contribution in [3.63, 3.8) is 0 Å². The van der Waals surface area contributed by atoms with Crippen LogP contribution in [0.1, 0.15) is 99.8 Å². The van der Waals surface area contributed by atoms with Gasteiger partial charge >= 0.3 is 0 Å². The second kappa shape index (κ2) is 11.6. The minimum atomic E-state index is -1.02. The minimum Gasteiger partial charge on any atom is -0.390 e. The fourth-order valence-corrected chi connectivity index (χ4v) is 12.5. The van der Waals surface area contributed by atoms with Gasteiger partial charge in [0, 0.05) is 6.54 Å². The Morgan fingerprint density at radius 2 is 1.73 bits per heavy atom. The summed E-state index contributed by atoms with van der Waals surface area (Å²) in [5, 5.41) is 23.0. The fraction of sp³-hybridized carbons (Fsp3) is 1.00. The van der Waals surface area contributed by atoms with Crippen molar-refractivity contribution in [3.05, 3.63) is 0 Å². The highest BCUT2D eigenvalue weighted by Gasteiger charge is 2.78. The van der Waals surface area contributed by atoms with Crippen molar-refractivity contribution in [1.82, 2.24) is 4.90 Å². The molecule has 8 nitrogen and oxygen atoms in total. The van der Waals surface area contributed by atoms with Crippen molar-refractivity contribution in [2.75, 3.05) is 32.9 Å². The van der Waals surface area contributed by atoms with Crippen LogP contribution in [0.4, 0.5) is 0 Å². The first-order valence-corrected chi connectivity index (χ1v) is 18.6. The molecule has 7 aliphatic rings. The summed E-state index contributed by atoms with van der Waals surface area (Å²) in [6.07, 6.45) is 8.36. The molecule has 45 heavy (non-hydrogen) atoms. The van der Waals surface area contributed by atoms with Crippen molar-refractivity contribution in [1.29, 1.82) is 0 Å². The Bertz CT molecular complexity index is 1080. The number of ether oxygens (including phenoxy) is 4. The summed E-state index contributed by atoms with van der Waals surface area (Å²) in [6.45, 7) is 19.8. The summed E-state index contributed by atoms with van der Waals surface area (Å²) in [7, 11) is 0. The molecule has 4 N–H and O–H groups in total. The Morgan fingerprint density at radius 3 is 2.42 bits per heavy atom. The highest BCUT2D eigenvalue weighted by molar-refractivity contribution is 5.26. The zero-order valence-electron chi connectivity index (χ0n) is 29.2. The average Bonchev–Trinajstić information content (AvgIpc) is 3.62. The van der Waals surface area contributed by atoms with Gasteiger partial charge in [-0.1, -0.05) is 34.6 Å². The molecule has 0 aromatic heterocycles. The molecule has 0 aromatic rings. The van der Waals surface area contributed by atoms with E-state index in [0.717, 1.165) is 45.8 Å². The van der Waals surface area contributed by atoms with E-state index in [-0.39, 0.29) is 35.9 Å². The van der Waals surface area contributed by atoms with Crippen LogP contribution < -0.4 is 5.73 Å². The molecule has 2 spiro atoms. The molecule has 7 rings (SSSR count). The van der Waals surface area contributed by atoms with E-state index in [1.807, 2.05) is 0 Å². The Labute approximate surface area is 272 Å². The van der Waals surface area contributed by atoms with Crippen molar-refractivity contribution >= 4 is 0 Å². The summed E-state index contributed by atoms with van der Waals surface area (Å²) >= 11 is 0. The van der Waals surface area contributed by atoms with Gasteiger partial charge in [-0.05, 0) is 117 Å². The van der Waals surface area contributed by atoms with E-state index in [1.165, 1.54) is 38.5 Å². The van der Waals surface area contributed by atoms with Crippen LogP contribution in [-0.4, -0.2) is 96.4 Å². The number of fused-ring (bicyclic) bond motifs is 1. The molecule has 0 aromatic carbocycles. The maximum Gasteiger partial charge on any atom is 0.170 e. The molecule has 0 radical (unpaired) electrons. The molecule has 14 unspecified atom stereocenters. The number of hydrogen-bond donors (Lipinski definition) is 3. The van der Waals surface area contributed by atoms with Crippen LogP contribution in [0.15, 0.2) is 0 Å². The van der Waals surface area contributed by atoms with Gasteiger partial charge in [0.25, 0.3) is 0 Å². The van der Waals surface area contributed by atoms with Gasteiger partial charge in [0.2, 0.25) is 0 Å². The lowest BCUT2D eigenvalue weighted by atomic mass is 9.50. The maximum atomic E-state index is 12.2. The Morgan fingerprint density at radius 1 is 1.00 bits per heavy atom.